The van der Waals surface area contributed by atoms with Gasteiger partial charge in [0.1, 0.15) is 0 Å². The third-order valence-electron chi connectivity index (χ3n) is 3.11. The predicted octanol–water partition coefficient (Wildman–Crippen LogP) is 2.89. The molecule has 0 saturated heterocycles. The summed E-state index contributed by atoms with van der Waals surface area (Å²) in [6.45, 7) is 0.983. The standard InChI is InChI=1S/C16H18F2N4.HI/c1-19-16(22-11-13-6-2-3-9-20-13)21-10-8-12-5-4-7-14(17)15(12)18;/h2-7,9H,8,10-11H2,1H3,(H2,19,21,22);1H. The first-order valence-electron chi connectivity index (χ1n) is 6.98. The number of guanidine groups is 1. The molecule has 0 spiro atoms. The van der Waals surface area contributed by atoms with Crippen LogP contribution < -0.4 is 10.6 Å². The van der Waals surface area contributed by atoms with Gasteiger partial charge in [0.25, 0.3) is 0 Å². The molecule has 0 saturated carbocycles. The summed E-state index contributed by atoms with van der Waals surface area (Å²) < 4.78 is 26.6. The zero-order chi connectivity index (χ0) is 15.8. The van der Waals surface area contributed by atoms with Gasteiger partial charge >= 0.3 is 0 Å². The van der Waals surface area contributed by atoms with E-state index in [2.05, 4.69) is 20.6 Å². The number of hydrogen-bond donors (Lipinski definition) is 2. The van der Waals surface area contributed by atoms with E-state index in [0.29, 0.717) is 31.0 Å². The highest BCUT2D eigenvalue weighted by Gasteiger charge is 2.07. The Hall–Kier alpha value is -1.77. The largest absolute Gasteiger partial charge is 0.356 e. The molecule has 0 amide bonds. The Morgan fingerprint density at radius 2 is 1.96 bits per heavy atom. The number of halogens is 3. The van der Waals surface area contributed by atoms with Crippen molar-refractivity contribution in [1.29, 1.82) is 0 Å². The third kappa shape index (κ3) is 6.09. The summed E-state index contributed by atoms with van der Waals surface area (Å²) in [6, 6.07) is 9.85. The van der Waals surface area contributed by atoms with E-state index in [4.69, 9.17) is 0 Å². The van der Waals surface area contributed by atoms with Crippen molar-refractivity contribution in [1.82, 2.24) is 15.6 Å². The van der Waals surface area contributed by atoms with Gasteiger partial charge in [-0.1, -0.05) is 18.2 Å². The predicted molar refractivity (Wildman–Crippen MR) is 97.9 cm³/mol. The van der Waals surface area contributed by atoms with E-state index >= 15 is 0 Å². The number of hydrogen-bond acceptors (Lipinski definition) is 2. The number of aromatic nitrogens is 1. The lowest BCUT2D eigenvalue weighted by Gasteiger charge is -2.12. The first kappa shape index (κ1) is 19.3. The fraction of sp³-hybridized carbons (Fsp3) is 0.250. The molecule has 0 atom stereocenters. The first-order chi connectivity index (χ1) is 10.7. The van der Waals surface area contributed by atoms with E-state index in [1.165, 1.54) is 6.07 Å². The van der Waals surface area contributed by atoms with E-state index in [9.17, 15) is 8.78 Å². The van der Waals surface area contributed by atoms with E-state index in [1.807, 2.05) is 18.2 Å². The summed E-state index contributed by atoms with van der Waals surface area (Å²) in [6.07, 6.45) is 2.09. The smallest absolute Gasteiger partial charge is 0.191 e. The summed E-state index contributed by atoms with van der Waals surface area (Å²) in [5.74, 6) is -1.03. The molecule has 0 aliphatic heterocycles. The maximum Gasteiger partial charge on any atom is 0.191 e. The van der Waals surface area contributed by atoms with Crippen molar-refractivity contribution >= 4 is 29.9 Å². The molecule has 2 N–H and O–H groups in total. The molecule has 0 bridgehead atoms. The average molecular weight is 432 g/mol. The Morgan fingerprint density at radius 1 is 1.13 bits per heavy atom. The maximum atomic E-state index is 13.5. The molecule has 2 aromatic rings. The SMILES string of the molecule is CN=C(NCCc1cccc(F)c1F)NCc1ccccn1.I. The van der Waals surface area contributed by atoms with Crippen LogP contribution in [-0.4, -0.2) is 24.5 Å². The van der Waals surface area contributed by atoms with Gasteiger partial charge in [-0.05, 0) is 30.2 Å². The summed E-state index contributed by atoms with van der Waals surface area (Å²) in [5, 5.41) is 6.16. The molecule has 1 aromatic carbocycles. The molecule has 1 heterocycles. The lowest BCUT2D eigenvalue weighted by molar-refractivity contribution is 0.498. The molecule has 7 heteroatoms. The van der Waals surface area contributed by atoms with Gasteiger partial charge in [-0.25, -0.2) is 8.78 Å². The van der Waals surface area contributed by atoms with Gasteiger partial charge < -0.3 is 10.6 Å². The van der Waals surface area contributed by atoms with Crippen molar-refractivity contribution in [3.63, 3.8) is 0 Å². The first-order valence-corrected chi connectivity index (χ1v) is 6.98. The molecule has 0 radical (unpaired) electrons. The van der Waals surface area contributed by atoms with Gasteiger partial charge in [0, 0.05) is 19.8 Å². The molecule has 0 aliphatic carbocycles. The second-order valence-corrected chi connectivity index (χ2v) is 4.64. The topological polar surface area (TPSA) is 49.3 Å². The van der Waals surface area contributed by atoms with Crippen LogP contribution in [0.3, 0.4) is 0 Å². The van der Waals surface area contributed by atoms with Crippen molar-refractivity contribution in [2.45, 2.75) is 13.0 Å². The van der Waals surface area contributed by atoms with E-state index in [-0.39, 0.29) is 24.0 Å². The third-order valence-corrected chi connectivity index (χ3v) is 3.11. The van der Waals surface area contributed by atoms with Crippen molar-refractivity contribution in [2.75, 3.05) is 13.6 Å². The molecular formula is C16H19F2IN4. The minimum Gasteiger partial charge on any atom is -0.356 e. The molecule has 4 nitrogen and oxygen atoms in total. The highest BCUT2D eigenvalue weighted by Crippen LogP contribution is 2.11. The normalized spacial score (nSPS) is 10.8. The lowest BCUT2D eigenvalue weighted by atomic mass is 10.1. The summed E-state index contributed by atoms with van der Waals surface area (Å²) in [5.41, 5.74) is 1.23. The Bertz CT molecular complexity index is 635. The molecule has 0 unspecified atom stereocenters. The van der Waals surface area contributed by atoms with Crippen LogP contribution in [0.4, 0.5) is 8.78 Å². The molecule has 1 aromatic heterocycles. The monoisotopic (exact) mass is 432 g/mol. The number of nitrogens with zero attached hydrogens (tertiary/aromatic N) is 2. The van der Waals surface area contributed by atoms with Crippen molar-refractivity contribution in [2.24, 2.45) is 4.99 Å². The van der Waals surface area contributed by atoms with E-state index in [0.717, 1.165) is 11.8 Å². The summed E-state index contributed by atoms with van der Waals surface area (Å²) in [7, 11) is 1.65. The number of benzene rings is 1. The molecule has 0 aliphatic rings. The van der Waals surface area contributed by atoms with Crippen molar-refractivity contribution < 1.29 is 8.78 Å². The van der Waals surface area contributed by atoms with Gasteiger partial charge in [0.15, 0.2) is 17.6 Å². The molecule has 2 rings (SSSR count). The van der Waals surface area contributed by atoms with Crippen LogP contribution >= 0.6 is 24.0 Å². The fourth-order valence-corrected chi connectivity index (χ4v) is 1.95. The molecule has 23 heavy (non-hydrogen) atoms. The van der Waals surface area contributed by atoms with Gasteiger partial charge in [-0.2, -0.15) is 0 Å². The Kier molecular flexibility index (Phi) is 8.46. The highest BCUT2D eigenvalue weighted by atomic mass is 127. The van der Waals surface area contributed by atoms with Gasteiger partial charge in [-0.3, -0.25) is 9.98 Å². The highest BCUT2D eigenvalue weighted by molar-refractivity contribution is 14.0. The van der Waals surface area contributed by atoms with Gasteiger partial charge in [0.2, 0.25) is 0 Å². The zero-order valence-electron chi connectivity index (χ0n) is 12.7. The minimum atomic E-state index is -0.824. The minimum absolute atomic E-state index is 0. The fourth-order valence-electron chi connectivity index (χ4n) is 1.95. The van der Waals surface area contributed by atoms with Crippen LogP contribution in [0.15, 0.2) is 47.6 Å². The average Bonchev–Trinajstić information content (AvgIpc) is 2.55. The Balaban J connectivity index is 0.00000264. The summed E-state index contributed by atoms with van der Waals surface area (Å²) in [4.78, 5) is 8.27. The van der Waals surface area contributed by atoms with E-state index < -0.39 is 11.6 Å². The quantitative estimate of drug-likeness (QED) is 0.434. The van der Waals surface area contributed by atoms with Crippen LogP contribution in [0.2, 0.25) is 0 Å². The van der Waals surface area contributed by atoms with E-state index in [1.54, 1.807) is 19.3 Å². The van der Waals surface area contributed by atoms with Crippen LogP contribution in [0, 0.1) is 11.6 Å². The Labute approximate surface area is 151 Å². The second kappa shape index (κ2) is 10.1. The van der Waals surface area contributed by atoms with Crippen LogP contribution in [0.1, 0.15) is 11.3 Å². The summed E-state index contributed by atoms with van der Waals surface area (Å²) >= 11 is 0. The van der Waals surface area contributed by atoms with Crippen LogP contribution in [-0.2, 0) is 13.0 Å². The van der Waals surface area contributed by atoms with Crippen LogP contribution in [0.5, 0.6) is 0 Å². The second-order valence-electron chi connectivity index (χ2n) is 4.64. The molecule has 0 fully saturated rings. The van der Waals surface area contributed by atoms with Gasteiger partial charge in [-0.15, -0.1) is 24.0 Å². The molecular weight excluding hydrogens is 413 g/mol. The number of rotatable bonds is 5. The van der Waals surface area contributed by atoms with Crippen molar-refractivity contribution in [3.05, 3.63) is 65.5 Å². The Morgan fingerprint density at radius 3 is 2.65 bits per heavy atom. The number of pyridine rings is 1. The zero-order valence-corrected chi connectivity index (χ0v) is 15.1. The number of nitrogens with one attached hydrogen (secondary N) is 2. The van der Waals surface area contributed by atoms with Crippen molar-refractivity contribution in [3.8, 4) is 0 Å². The van der Waals surface area contributed by atoms with Crippen LogP contribution in [0.25, 0.3) is 0 Å². The van der Waals surface area contributed by atoms with Gasteiger partial charge in [0.05, 0.1) is 12.2 Å². The lowest BCUT2D eigenvalue weighted by Crippen LogP contribution is -2.38. The maximum absolute atomic E-state index is 13.5. The number of aliphatic imine (C=N–C) groups is 1. The molecule has 124 valence electrons.